The minimum absolute atomic E-state index is 0.200. The monoisotopic (exact) mass is 478 g/mol. The lowest BCUT2D eigenvalue weighted by Gasteiger charge is -2.52. The normalized spacial score (nSPS) is 19.7. The van der Waals surface area contributed by atoms with Crippen LogP contribution in [-0.2, 0) is 13.5 Å². The van der Waals surface area contributed by atoms with E-state index < -0.39 is 12.6 Å². The third kappa shape index (κ3) is 4.23. The zero-order chi connectivity index (χ0) is 23.5. The Labute approximate surface area is 195 Å². The van der Waals surface area contributed by atoms with Gasteiger partial charge in [0.25, 0.3) is 0 Å². The van der Waals surface area contributed by atoms with Crippen LogP contribution in [0, 0.1) is 18.3 Å². The molecule has 178 valence electrons. The fourth-order valence-corrected chi connectivity index (χ4v) is 6.72. The maximum absolute atomic E-state index is 12.9. The Kier molecular flexibility index (Phi) is 5.43. The number of hydrogen-bond acceptors (Lipinski definition) is 6. The first-order valence-electron chi connectivity index (χ1n) is 11.3. The third-order valence-electron chi connectivity index (χ3n) is 6.94. The summed E-state index contributed by atoms with van der Waals surface area (Å²) in [6, 6.07) is 1.96. The number of halogens is 3. The van der Waals surface area contributed by atoms with Crippen LogP contribution in [0.3, 0.4) is 0 Å². The molecule has 0 N–H and O–H groups in total. The molecule has 3 aromatic heterocycles. The van der Waals surface area contributed by atoms with Crippen LogP contribution in [0.5, 0.6) is 0 Å². The molecule has 5 heterocycles. The molecule has 33 heavy (non-hydrogen) atoms. The van der Waals surface area contributed by atoms with E-state index in [0.717, 1.165) is 60.8 Å². The molecule has 6 nitrogen and oxygen atoms in total. The van der Waals surface area contributed by atoms with E-state index >= 15 is 0 Å². The molecule has 0 aromatic carbocycles. The van der Waals surface area contributed by atoms with Crippen molar-refractivity contribution in [2.24, 2.45) is 18.4 Å². The molecule has 5 rings (SSSR count). The number of fused-ring (bicyclic) bond motifs is 1. The molecular formula is C23H29F3N6S. The van der Waals surface area contributed by atoms with Crippen molar-refractivity contribution < 1.29 is 13.2 Å². The molecule has 0 radical (unpaired) electrons. The minimum atomic E-state index is -4.22. The summed E-state index contributed by atoms with van der Waals surface area (Å²) >= 11 is 1.11. The summed E-state index contributed by atoms with van der Waals surface area (Å²) < 4.78 is 40.5. The molecule has 2 fully saturated rings. The standard InChI is InChI=1S/C23H29F3N6S/c1-14(2)19(18-9-30(4)29-15(18)3)32-11-22(12-32)5-6-31(10-22)20-17-7-16(8-23(24,25)26)33-21(17)28-13-27-20/h7,9,13-14,19H,5-6,8,10-12H2,1-4H3. The number of thiophene rings is 1. The van der Waals surface area contributed by atoms with E-state index in [1.807, 2.05) is 11.7 Å². The van der Waals surface area contributed by atoms with Gasteiger partial charge in [-0.15, -0.1) is 11.3 Å². The predicted octanol–water partition coefficient (Wildman–Crippen LogP) is 4.75. The summed E-state index contributed by atoms with van der Waals surface area (Å²) in [5, 5.41) is 5.28. The Morgan fingerprint density at radius 3 is 2.58 bits per heavy atom. The first-order chi connectivity index (χ1) is 15.5. The summed E-state index contributed by atoms with van der Waals surface area (Å²) in [6.45, 7) is 10.4. The molecule has 0 bridgehead atoms. The van der Waals surface area contributed by atoms with Gasteiger partial charge in [0.05, 0.1) is 17.5 Å². The lowest BCUT2D eigenvalue weighted by atomic mass is 9.76. The van der Waals surface area contributed by atoms with Crippen molar-refractivity contribution in [2.45, 2.75) is 45.8 Å². The van der Waals surface area contributed by atoms with Crippen LogP contribution in [0.4, 0.5) is 19.0 Å². The lowest BCUT2D eigenvalue weighted by Crippen LogP contribution is -2.59. The second-order valence-electron chi connectivity index (χ2n) is 10.0. The molecule has 1 spiro atoms. The largest absolute Gasteiger partial charge is 0.393 e. The number of alkyl halides is 3. The van der Waals surface area contributed by atoms with Crippen molar-refractivity contribution >= 4 is 27.4 Å². The Morgan fingerprint density at radius 1 is 1.18 bits per heavy atom. The Hall–Kier alpha value is -2.20. The van der Waals surface area contributed by atoms with Gasteiger partial charge in [-0.2, -0.15) is 18.3 Å². The number of hydrogen-bond donors (Lipinski definition) is 0. The predicted molar refractivity (Wildman–Crippen MR) is 124 cm³/mol. The second kappa shape index (κ2) is 7.94. The highest BCUT2D eigenvalue weighted by Gasteiger charge is 2.50. The van der Waals surface area contributed by atoms with Gasteiger partial charge in [-0.1, -0.05) is 13.8 Å². The average Bonchev–Trinajstić information content (AvgIpc) is 3.36. The van der Waals surface area contributed by atoms with Crippen molar-refractivity contribution in [3.8, 4) is 0 Å². The first-order valence-corrected chi connectivity index (χ1v) is 12.1. The van der Waals surface area contributed by atoms with Crippen molar-refractivity contribution in [1.29, 1.82) is 0 Å². The summed E-state index contributed by atoms with van der Waals surface area (Å²) in [6.07, 6.45) is -0.467. The van der Waals surface area contributed by atoms with E-state index in [1.54, 1.807) is 6.07 Å². The number of rotatable bonds is 5. The van der Waals surface area contributed by atoms with Gasteiger partial charge < -0.3 is 4.90 Å². The molecule has 0 aliphatic carbocycles. The Bertz CT molecular complexity index is 1160. The van der Waals surface area contributed by atoms with E-state index in [2.05, 4.69) is 51.8 Å². The Morgan fingerprint density at radius 2 is 1.94 bits per heavy atom. The summed E-state index contributed by atoms with van der Waals surface area (Å²) in [5.41, 5.74) is 2.58. The maximum Gasteiger partial charge on any atom is 0.393 e. The van der Waals surface area contributed by atoms with E-state index in [-0.39, 0.29) is 10.3 Å². The van der Waals surface area contributed by atoms with Crippen LogP contribution < -0.4 is 4.90 Å². The molecule has 3 aromatic rings. The van der Waals surface area contributed by atoms with E-state index in [9.17, 15) is 13.2 Å². The average molecular weight is 479 g/mol. The van der Waals surface area contributed by atoms with Crippen LogP contribution in [0.15, 0.2) is 18.6 Å². The van der Waals surface area contributed by atoms with Crippen molar-refractivity contribution in [3.05, 3.63) is 34.7 Å². The topological polar surface area (TPSA) is 50.1 Å². The quantitative estimate of drug-likeness (QED) is 0.530. The zero-order valence-corrected chi connectivity index (χ0v) is 20.2. The van der Waals surface area contributed by atoms with Gasteiger partial charge in [-0.3, -0.25) is 9.58 Å². The molecule has 0 saturated carbocycles. The number of aromatic nitrogens is 4. The molecule has 0 amide bonds. The first kappa shape index (κ1) is 22.6. The van der Waals surface area contributed by atoms with Crippen LogP contribution >= 0.6 is 11.3 Å². The second-order valence-corrected chi connectivity index (χ2v) is 11.1. The van der Waals surface area contributed by atoms with Crippen molar-refractivity contribution in [2.75, 3.05) is 31.1 Å². The highest BCUT2D eigenvalue weighted by molar-refractivity contribution is 7.18. The van der Waals surface area contributed by atoms with Crippen molar-refractivity contribution in [3.63, 3.8) is 0 Å². The molecule has 10 heteroatoms. The SMILES string of the molecule is Cc1nn(C)cc1C(C(C)C)N1CC2(CCN(c3ncnc4sc(CC(F)(F)F)cc34)C2)C1. The highest BCUT2D eigenvalue weighted by Crippen LogP contribution is 2.47. The van der Waals surface area contributed by atoms with Gasteiger partial charge >= 0.3 is 6.18 Å². The van der Waals surface area contributed by atoms with Gasteiger partial charge in [-0.25, -0.2) is 9.97 Å². The van der Waals surface area contributed by atoms with E-state index in [4.69, 9.17) is 0 Å². The zero-order valence-electron chi connectivity index (χ0n) is 19.4. The smallest absolute Gasteiger partial charge is 0.355 e. The number of likely N-dealkylation sites (tertiary alicyclic amines) is 1. The Balaban J connectivity index is 1.32. The summed E-state index contributed by atoms with van der Waals surface area (Å²) in [4.78, 5) is 14.4. The van der Waals surface area contributed by atoms with Crippen molar-refractivity contribution in [1.82, 2.24) is 24.6 Å². The highest BCUT2D eigenvalue weighted by atomic mass is 32.1. The molecule has 1 unspecified atom stereocenters. The van der Waals surface area contributed by atoms with Crippen LogP contribution in [-0.4, -0.2) is 57.0 Å². The van der Waals surface area contributed by atoms with Crippen LogP contribution in [0.1, 0.15) is 42.4 Å². The van der Waals surface area contributed by atoms with Gasteiger partial charge in [0.15, 0.2) is 0 Å². The lowest BCUT2D eigenvalue weighted by molar-refractivity contribution is -0.126. The maximum atomic E-state index is 12.9. The number of aryl methyl sites for hydroxylation is 2. The third-order valence-corrected chi connectivity index (χ3v) is 7.99. The fourth-order valence-electron chi connectivity index (χ4n) is 5.70. The van der Waals surface area contributed by atoms with Gasteiger partial charge in [0.1, 0.15) is 17.0 Å². The van der Waals surface area contributed by atoms with Crippen LogP contribution in [0.25, 0.3) is 10.2 Å². The minimum Gasteiger partial charge on any atom is -0.355 e. The van der Waals surface area contributed by atoms with Gasteiger partial charge in [0.2, 0.25) is 0 Å². The fraction of sp³-hybridized carbons (Fsp3) is 0.609. The summed E-state index contributed by atoms with van der Waals surface area (Å²) in [7, 11) is 1.97. The number of anilines is 1. The van der Waals surface area contributed by atoms with Gasteiger partial charge in [-0.05, 0) is 25.3 Å². The summed E-state index contributed by atoms with van der Waals surface area (Å²) in [5.74, 6) is 1.24. The molecule has 2 saturated heterocycles. The van der Waals surface area contributed by atoms with E-state index in [0.29, 0.717) is 16.8 Å². The molecule has 2 aliphatic heterocycles. The van der Waals surface area contributed by atoms with Crippen LogP contribution in [0.2, 0.25) is 0 Å². The molecule has 2 aliphatic rings. The van der Waals surface area contributed by atoms with Gasteiger partial charge in [0, 0.05) is 61.3 Å². The number of nitrogens with zero attached hydrogens (tertiary/aromatic N) is 6. The molecular weight excluding hydrogens is 449 g/mol. The molecule has 1 atom stereocenters. The van der Waals surface area contributed by atoms with E-state index in [1.165, 1.54) is 11.9 Å².